The zero-order valence-corrected chi connectivity index (χ0v) is 20.9. The summed E-state index contributed by atoms with van der Waals surface area (Å²) in [6, 6.07) is 45.4. The van der Waals surface area contributed by atoms with Gasteiger partial charge in [0, 0.05) is 45.1 Å². The molecular weight excluding hydrogens is 480 g/mol. The van der Waals surface area contributed by atoms with Crippen LogP contribution in [0, 0.1) is 0 Å². The SMILES string of the molecule is c1ccc(-n2c3ccccc3c3ccc(Oc4ccc5c6ccccc6n(-c6ccccc6)c5n4)nc32)cc1. The quantitative estimate of drug-likeness (QED) is 0.242. The van der Waals surface area contributed by atoms with Gasteiger partial charge >= 0.3 is 0 Å². The fourth-order valence-electron chi connectivity index (χ4n) is 5.54. The third-order valence-corrected chi connectivity index (χ3v) is 7.23. The summed E-state index contributed by atoms with van der Waals surface area (Å²) in [4.78, 5) is 9.96. The minimum absolute atomic E-state index is 0.497. The van der Waals surface area contributed by atoms with Crippen molar-refractivity contribution in [2.45, 2.75) is 0 Å². The van der Waals surface area contributed by atoms with E-state index in [0.717, 1.165) is 55.2 Å². The lowest BCUT2D eigenvalue weighted by atomic mass is 10.2. The summed E-state index contributed by atoms with van der Waals surface area (Å²) in [5.41, 5.74) is 6.02. The molecule has 4 heterocycles. The standard InChI is InChI=1S/C34H22N4O/c1-3-11-23(12-4-1)37-29-17-9-7-15-25(29)27-19-21-31(35-33(27)37)39-32-22-20-28-26-16-8-10-18-30(26)38(34(28)36-32)24-13-5-2-6-14-24/h1-22H. The molecule has 184 valence electrons. The summed E-state index contributed by atoms with van der Waals surface area (Å²) in [7, 11) is 0. The highest BCUT2D eigenvalue weighted by atomic mass is 16.5. The predicted octanol–water partition coefficient (Wildman–Crippen LogP) is 8.46. The fourth-order valence-corrected chi connectivity index (χ4v) is 5.54. The van der Waals surface area contributed by atoms with Crippen LogP contribution in [0.2, 0.25) is 0 Å². The van der Waals surface area contributed by atoms with Gasteiger partial charge in [-0.25, -0.2) is 0 Å². The van der Waals surface area contributed by atoms with Crippen LogP contribution in [-0.2, 0) is 0 Å². The van der Waals surface area contributed by atoms with Crippen LogP contribution >= 0.6 is 0 Å². The largest absolute Gasteiger partial charge is 0.421 e. The number of para-hydroxylation sites is 4. The number of pyridine rings is 2. The van der Waals surface area contributed by atoms with Crippen molar-refractivity contribution in [3.63, 3.8) is 0 Å². The molecule has 0 N–H and O–H groups in total. The lowest BCUT2D eigenvalue weighted by molar-refractivity contribution is 0.448. The van der Waals surface area contributed by atoms with Crippen LogP contribution in [0.25, 0.3) is 55.2 Å². The monoisotopic (exact) mass is 502 g/mol. The number of hydrogen-bond donors (Lipinski definition) is 0. The van der Waals surface area contributed by atoms with Gasteiger partial charge in [0.1, 0.15) is 11.3 Å². The van der Waals surface area contributed by atoms with Crippen molar-refractivity contribution >= 4 is 43.9 Å². The number of benzene rings is 4. The molecule has 0 aliphatic carbocycles. The van der Waals surface area contributed by atoms with E-state index in [-0.39, 0.29) is 0 Å². The second-order valence-electron chi connectivity index (χ2n) is 9.52. The fraction of sp³-hybridized carbons (Fsp3) is 0. The first-order valence-corrected chi connectivity index (χ1v) is 12.9. The Morgan fingerprint density at radius 1 is 0.385 bits per heavy atom. The summed E-state index contributed by atoms with van der Waals surface area (Å²) < 4.78 is 10.7. The van der Waals surface area contributed by atoms with Crippen LogP contribution < -0.4 is 4.74 Å². The van der Waals surface area contributed by atoms with E-state index in [9.17, 15) is 0 Å². The number of fused-ring (bicyclic) bond motifs is 6. The lowest BCUT2D eigenvalue weighted by Gasteiger charge is -2.09. The third-order valence-electron chi connectivity index (χ3n) is 7.23. The molecule has 8 aromatic rings. The molecule has 0 saturated carbocycles. The molecule has 8 rings (SSSR count). The van der Waals surface area contributed by atoms with E-state index in [1.54, 1.807) is 0 Å². The molecule has 0 saturated heterocycles. The van der Waals surface area contributed by atoms with Crippen LogP contribution in [0.4, 0.5) is 0 Å². The predicted molar refractivity (Wildman–Crippen MR) is 157 cm³/mol. The molecule has 5 nitrogen and oxygen atoms in total. The van der Waals surface area contributed by atoms with Gasteiger partial charge in [-0.15, -0.1) is 0 Å². The summed E-state index contributed by atoms with van der Waals surface area (Å²) in [5, 5.41) is 4.47. The molecule has 4 aromatic carbocycles. The van der Waals surface area contributed by atoms with Crippen LogP contribution in [0.5, 0.6) is 11.8 Å². The first-order valence-electron chi connectivity index (χ1n) is 12.9. The molecule has 0 atom stereocenters. The van der Waals surface area contributed by atoms with Gasteiger partial charge in [-0.2, -0.15) is 9.97 Å². The highest BCUT2D eigenvalue weighted by molar-refractivity contribution is 6.09. The molecule has 0 amide bonds. The summed E-state index contributed by atoms with van der Waals surface area (Å²) in [6.07, 6.45) is 0. The Hall–Kier alpha value is -5.42. The topological polar surface area (TPSA) is 44.9 Å². The summed E-state index contributed by atoms with van der Waals surface area (Å²) in [5.74, 6) is 0.994. The van der Waals surface area contributed by atoms with Crippen LogP contribution in [0.1, 0.15) is 0 Å². The minimum Gasteiger partial charge on any atom is -0.421 e. The van der Waals surface area contributed by atoms with Gasteiger partial charge in [-0.1, -0.05) is 72.8 Å². The second kappa shape index (κ2) is 8.57. The maximum absolute atomic E-state index is 6.32. The van der Waals surface area contributed by atoms with E-state index in [2.05, 4.69) is 94.1 Å². The number of aromatic nitrogens is 4. The molecule has 4 aromatic heterocycles. The van der Waals surface area contributed by atoms with Crippen molar-refractivity contribution in [1.82, 2.24) is 19.1 Å². The summed E-state index contributed by atoms with van der Waals surface area (Å²) in [6.45, 7) is 0. The smallest absolute Gasteiger partial charge is 0.223 e. The molecule has 0 unspecified atom stereocenters. The Morgan fingerprint density at radius 3 is 1.26 bits per heavy atom. The second-order valence-corrected chi connectivity index (χ2v) is 9.52. The molecule has 0 bridgehead atoms. The van der Waals surface area contributed by atoms with E-state index in [1.807, 2.05) is 48.5 Å². The molecule has 0 aliphatic rings. The normalized spacial score (nSPS) is 11.6. The molecular formula is C34H22N4O. The van der Waals surface area contributed by atoms with Gasteiger partial charge in [0.25, 0.3) is 0 Å². The van der Waals surface area contributed by atoms with Crippen molar-refractivity contribution in [1.29, 1.82) is 0 Å². The van der Waals surface area contributed by atoms with E-state index in [4.69, 9.17) is 14.7 Å². The Morgan fingerprint density at radius 2 is 0.795 bits per heavy atom. The third kappa shape index (κ3) is 3.41. The molecule has 5 heteroatoms. The average molecular weight is 503 g/mol. The molecule has 0 spiro atoms. The Kier molecular flexibility index (Phi) is 4.76. The van der Waals surface area contributed by atoms with Crippen molar-refractivity contribution in [3.8, 4) is 23.1 Å². The average Bonchev–Trinajstić information content (AvgIpc) is 3.50. The molecule has 0 aliphatic heterocycles. The Labute approximate surface area is 224 Å². The molecule has 0 radical (unpaired) electrons. The highest BCUT2D eigenvalue weighted by Crippen LogP contribution is 2.35. The lowest BCUT2D eigenvalue weighted by Crippen LogP contribution is -1.98. The van der Waals surface area contributed by atoms with Crippen molar-refractivity contribution < 1.29 is 4.74 Å². The van der Waals surface area contributed by atoms with Gasteiger partial charge < -0.3 is 4.74 Å². The van der Waals surface area contributed by atoms with Gasteiger partial charge in [-0.3, -0.25) is 9.13 Å². The highest BCUT2D eigenvalue weighted by Gasteiger charge is 2.17. The van der Waals surface area contributed by atoms with Gasteiger partial charge in [0.15, 0.2) is 0 Å². The number of hydrogen-bond acceptors (Lipinski definition) is 3. The van der Waals surface area contributed by atoms with Gasteiger partial charge in [-0.05, 0) is 48.5 Å². The maximum Gasteiger partial charge on any atom is 0.223 e. The van der Waals surface area contributed by atoms with Gasteiger partial charge in [0.05, 0.1) is 11.0 Å². The van der Waals surface area contributed by atoms with Crippen LogP contribution in [0.3, 0.4) is 0 Å². The molecule has 0 fully saturated rings. The zero-order chi connectivity index (χ0) is 25.8. The first kappa shape index (κ1) is 21.6. The number of rotatable bonds is 4. The van der Waals surface area contributed by atoms with E-state index >= 15 is 0 Å². The minimum atomic E-state index is 0.497. The van der Waals surface area contributed by atoms with Crippen molar-refractivity contribution in [2.75, 3.05) is 0 Å². The van der Waals surface area contributed by atoms with Crippen molar-refractivity contribution in [3.05, 3.63) is 133 Å². The van der Waals surface area contributed by atoms with Crippen LogP contribution in [-0.4, -0.2) is 19.1 Å². The van der Waals surface area contributed by atoms with Crippen LogP contribution in [0.15, 0.2) is 133 Å². The number of nitrogens with zero attached hydrogens (tertiary/aromatic N) is 4. The maximum atomic E-state index is 6.32. The Bertz CT molecular complexity index is 1990. The van der Waals surface area contributed by atoms with E-state index < -0.39 is 0 Å². The molecule has 39 heavy (non-hydrogen) atoms. The Balaban J connectivity index is 1.29. The zero-order valence-electron chi connectivity index (χ0n) is 20.9. The van der Waals surface area contributed by atoms with E-state index in [0.29, 0.717) is 11.8 Å². The van der Waals surface area contributed by atoms with Gasteiger partial charge in [0.2, 0.25) is 11.8 Å². The van der Waals surface area contributed by atoms with Crippen molar-refractivity contribution in [2.24, 2.45) is 0 Å². The summed E-state index contributed by atoms with van der Waals surface area (Å²) >= 11 is 0. The first-order chi connectivity index (χ1) is 19.3. The number of ether oxygens (including phenoxy) is 1. The van der Waals surface area contributed by atoms with E-state index in [1.165, 1.54) is 0 Å².